The van der Waals surface area contributed by atoms with E-state index < -0.39 is 0 Å². The molecule has 1 heterocycles. The first kappa shape index (κ1) is 19.2. The van der Waals surface area contributed by atoms with E-state index in [4.69, 9.17) is 9.47 Å². The van der Waals surface area contributed by atoms with Crippen molar-refractivity contribution in [3.63, 3.8) is 0 Å². The van der Waals surface area contributed by atoms with E-state index in [-0.39, 0.29) is 11.6 Å². The van der Waals surface area contributed by atoms with Gasteiger partial charge in [-0.05, 0) is 48.4 Å². The predicted molar refractivity (Wildman–Crippen MR) is 107 cm³/mol. The second-order valence-electron chi connectivity index (χ2n) is 6.13. The zero-order chi connectivity index (χ0) is 19.9. The van der Waals surface area contributed by atoms with Crippen LogP contribution in [0, 0.1) is 6.92 Å². The first-order valence-electron chi connectivity index (χ1n) is 8.75. The molecule has 7 heteroatoms. The molecule has 0 fully saturated rings. The number of methoxy groups -OCH3 is 2. The minimum atomic E-state index is -0.288. The lowest BCUT2D eigenvalue weighted by atomic mass is 10.2. The van der Waals surface area contributed by atoms with Crippen molar-refractivity contribution in [1.82, 2.24) is 15.3 Å². The lowest BCUT2D eigenvalue weighted by molar-refractivity contribution is 0.0946. The summed E-state index contributed by atoms with van der Waals surface area (Å²) in [6.07, 6.45) is 1.55. The van der Waals surface area contributed by atoms with Crippen molar-refractivity contribution in [3.8, 4) is 11.5 Å². The summed E-state index contributed by atoms with van der Waals surface area (Å²) < 4.78 is 10.5. The molecule has 0 unspecified atom stereocenters. The number of carbonyl (C=O) groups is 1. The van der Waals surface area contributed by atoms with Crippen molar-refractivity contribution in [2.75, 3.05) is 19.5 Å². The third-order valence-electron chi connectivity index (χ3n) is 4.06. The molecule has 0 saturated carbocycles. The summed E-state index contributed by atoms with van der Waals surface area (Å²) in [6, 6.07) is 14.9. The average molecular weight is 378 g/mol. The summed E-state index contributed by atoms with van der Waals surface area (Å²) in [5, 5.41) is 5.96. The smallest absolute Gasteiger partial charge is 0.270 e. The maximum Gasteiger partial charge on any atom is 0.270 e. The van der Waals surface area contributed by atoms with Crippen LogP contribution in [0.1, 0.15) is 21.6 Å². The molecule has 0 aliphatic rings. The molecule has 2 aromatic carbocycles. The predicted octanol–water partition coefficient (Wildman–Crippen LogP) is 3.48. The second-order valence-corrected chi connectivity index (χ2v) is 6.13. The molecular weight excluding hydrogens is 356 g/mol. The van der Waals surface area contributed by atoms with Crippen LogP contribution in [0.25, 0.3) is 0 Å². The molecule has 1 aromatic heterocycles. The Labute approximate surface area is 163 Å². The molecule has 0 atom stereocenters. The van der Waals surface area contributed by atoms with E-state index in [1.807, 2.05) is 43.3 Å². The topological polar surface area (TPSA) is 85.4 Å². The van der Waals surface area contributed by atoms with Crippen LogP contribution in [0.4, 0.5) is 11.6 Å². The van der Waals surface area contributed by atoms with Gasteiger partial charge in [0.15, 0.2) is 11.5 Å². The van der Waals surface area contributed by atoms with Gasteiger partial charge in [-0.3, -0.25) is 4.79 Å². The quantitative estimate of drug-likeness (QED) is 0.655. The van der Waals surface area contributed by atoms with E-state index in [2.05, 4.69) is 20.6 Å². The highest BCUT2D eigenvalue weighted by molar-refractivity contribution is 5.92. The molecule has 1 amide bonds. The molecule has 0 spiro atoms. The van der Waals surface area contributed by atoms with Gasteiger partial charge in [-0.15, -0.1) is 0 Å². The van der Waals surface area contributed by atoms with Crippen molar-refractivity contribution < 1.29 is 14.3 Å². The molecule has 0 bridgehead atoms. The standard InChI is InChI=1S/C21H22N4O3/c1-14-5-4-6-16(11-14)24-21-22-10-9-17(25-21)20(26)23-13-15-7-8-18(27-2)19(12-15)28-3/h4-12H,13H2,1-3H3,(H,23,26)(H,22,24,25). The summed E-state index contributed by atoms with van der Waals surface area (Å²) in [4.78, 5) is 20.9. The summed E-state index contributed by atoms with van der Waals surface area (Å²) >= 11 is 0. The number of aryl methyl sites for hydroxylation is 1. The molecule has 7 nitrogen and oxygen atoms in total. The molecule has 3 aromatic rings. The van der Waals surface area contributed by atoms with Gasteiger partial charge in [0.25, 0.3) is 5.91 Å². The first-order chi connectivity index (χ1) is 13.6. The number of amides is 1. The van der Waals surface area contributed by atoms with Gasteiger partial charge in [-0.2, -0.15) is 0 Å². The zero-order valence-electron chi connectivity index (χ0n) is 16.0. The van der Waals surface area contributed by atoms with Crippen LogP contribution in [0.3, 0.4) is 0 Å². The van der Waals surface area contributed by atoms with Gasteiger partial charge in [-0.1, -0.05) is 18.2 Å². The van der Waals surface area contributed by atoms with Crippen molar-refractivity contribution in [2.24, 2.45) is 0 Å². The SMILES string of the molecule is COc1ccc(CNC(=O)c2ccnc(Nc3cccc(C)c3)n2)cc1OC. The van der Waals surface area contributed by atoms with E-state index in [0.717, 1.165) is 16.8 Å². The Morgan fingerprint density at radius 2 is 1.86 bits per heavy atom. The maximum atomic E-state index is 12.5. The number of carbonyl (C=O) groups excluding carboxylic acids is 1. The van der Waals surface area contributed by atoms with Crippen LogP contribution in [-0.4, -0.2) is 30.1 Å². The van der Waals surface area contributed by atoms with E-state index in [9.17, 15) is 4.79 Å². The number of rotatable bonds is 7. The van der Waals surface area contributed by atoms with E-state index in [1.165, 1.54) is 0 Å². The van der Waals surface area contributed by atoms with Crippen molar-refractivity contribution in [2.45, 2.75) is 13.5 Å². The Morgan fingerprint density at radius 3 is 2.61 bits per heavy atom. The van der Waals surface area contributed by atoms with Crippen molar-refractivity contribution in [1.29, 1.82) is 0 Å². The largest absolute Gasteiger partial charge is 0.493 e. The molecule has 0 saturated heterocycles. The van der Waals surface area contributed by atoms with Crippen LogP contribution in [0.5, 0.6) is 11.5 Å². The van der Waals surface area contributed by atoms with Gasteiger partial charge in [0.2, 0.25) is 5.95 Å². The monoisotopic (exact) mass is 378 g/mol. The highest BCUT2D eigenvalue weighted by Crippen LogP contribution is 2.27. The lowest BCUT2D eigenvalue weighted by Gasteiger charge is -2.10. The Morgan fingerprint density at radius 1 is 1.04 bits per heavy atom. The fraction of sp³-hybridized carbons (Fsp3) is 0.190. The van der Waals surface area contributed by atoms with E-state index in [0.29, 0.717) is 24.0 Å². The molecule has 0 aliphatic heterocycles. The number of nitrogens with zero attached hydrogens (tertiary/aromatic N) is 2. The van der Waals surface area contributed by atoms with Gasteiger partial charge in [-0.25, -0.2) is 9.97 Å². The Kier molecular flexibility index (Phi) is 6.06. The normalized spacial score (nSPS) is 10.2. The molecule has 0 radical (unpaired) electrons. The molecular formula is C21H22N4O3. The number of anilines is 2. The number of hydrogen-bond donors (Lipinski definition) is 2. The van der Waals surface area contributed by atoms with Gasteiger partial charge in [0, 0.05) is 18.4 Å². The van der Waals surface area contributed by atoms with Gasteiger partial charge in [0.05, 0.1) is 14.2 Å². The van der Waals surface area contributed by atoms with Crippen LogP contribution in [-0.2, 0) is 6.54 Å². The molecule has 144 valence electrons. The molecule has 0 aliphatic carbocycles. The number of benzene rings is 2. The Hall–Kier alpha value is -3.61. The van der Waals surface area contributed by atoms with Crippen molar-refractivity contribution >= 4 is 17.5 Å². The average Bonchev–Trinajstić information content (AvgIpc) is 2.72. The lowest BCUT2D eigenvalue weighted by Crippen LogP contribution is -2.24. The van der Waals surface area contributed by atoms with Crippen LogP contribution in [0.2, 0.25) is 0 Å². The third-order valence-corrected chi connectivity index (χ3v) is 4.06. The number of nitrogens with one attached hydrogen (secondary N) is 2. The van der Waals surface area contributed by atoms with Crippen LogP contribution in [0.15, 0.2) is 54.7 Å². The second kappa shape index (κ2) is 8.85. The summed E-state index contributed by atoms with van der Waals surface area (Å²) in [7, 11) is 3.15. The summed E-state index contributed by atoms with van der Waals surface area (Å²) in [5.41, 5.74) is 3.15. The highest BCUT2D eigenvalue weighted by Gasteiger charge is 2.10. The Bertz CT molecular complexity index is 975. The minimum absolute atomic E-state index is 0.283. The molecule has 28 heavy (non-hydrogen) atoms. The fourth-order valence-electron chi connectivity index (χ4n) is 2.66. The maximum absolute atomic E-state index is 12.5. The highest BCUT2D eigenvalue weighted by atomic mass is 16.5. The third kappa shape index (κ3) is 4.76. The number of ether oxygens (including phenoxy) is 2. The van der Waals surface area contributed by atoms with Crippen LogP contribution < -0.4 is 20.1 Å². The van der Waals surface area contributed by atoms with Gasteiger partial charge >= 0.3 is 0 Å². The zero-order valence-corrected chi connectivity index (χ0v) is 16.0. The van der Waals surface area contributed by atoms with E-state index >= 15 is 0 Å². The first-order valence-corrected chi connectivity index (χ1v) is 8.75. The summed E-state index contributed by atoms with van der Waals surface area (Å²) in [5.74, 6) is 1.33. The number of hydrogen-bond acceptors (Lipinski definition) is 6. The van der Waals surface area contributed by atoms with Gasteiger partial charge < -0.3 is 20.1 Å². The fourth-order valence-corrected chi connectivity index (χ4v) is 2.66. The minimum Gasteiger partial charge on any atom is -0.493 e. The number of aromatic nitrogens is 2. The van der Waals surface area contributed by atoms with Gasteiger partial charge in [0.1, 0.15) is 5.69 Å². The summed E-state index contributed by atoms with van der Waals surface area (Å²) in [6.45, 7) is 2.34. The van der Waals surface area contributed by atoms with Crippen LogP contribution >= 0.6 is 0 Å². The van der Waals surface area contributed by atoms with Crippen molar-refractivity contribution in [3.05, 3.63) is 71.5 Å². The molecule has 3 rings (SSSR count). The van der Waals surface area contributed by atoms with E-state index in [1.54, 1.807) is 32.5 Å². The molecule has 2 N–H and O–H groups in total. The Balaban J connectivity index is 1.66.